The van der Waals surface area contributed by atoms with Gasteiger partial charge in [-0.15, -0.1) is 0 Å². The molecule has 0 spiro atoms. The Morgan fingerprint density at radius 1 is 1.00 bits per heavy atom. The molecule has 3 aromatic rings. The van der Waals surface area contributed by atoms with Crippen molar-refractivity contribution in [2.75, 3.05) is 23.8 Å². The number of fused-ring (bicyclic) bond motifs is 1. The third-order valence-electron chi connectivity index (χ3n) is 4.33. The molecule has 1 aliphatic heterocycles. The van der Waals surface area contributed by atoms with Crippen LogP contribution in [-0.4, -0.2) is 34.8 Å². The van der Waals surface area contributed by atoms with Crippen molar-refractivity contribution in [3.8, 4) is 17.2 Å². The summed E-state index contributed by atoms with van der Waals surface area (Å²) in [5.74, 6) is 1.09. The van der Waals surface area contributed by atoms with Crippen LogP contribution in [0.4, 0.5) is 11.5 Å². The fourth-order valence-electron chi connectivity index (χ4n) is 2.89. The molecule has 0 atom stereocenters. The van der Waals surface area contributed by atoms with Crippen LogP contribution in [-0.2, 0) is 4.79 Å². The zero-order valence-electron chi connectivity index (χ0n) is 15.8. The SMILES string of the molecule is CCC(=O)Nc1cc(C(=O)Nc2ccc3c(c2)OCCO3)nn1-c1ccccc1. The van der Waals surface area contributed by atoms with Crippen LogP contribution in [0.2, 0.25) is 0 Å². The quantitative estimate of drug-likeness (QED) is 0.695. The van der Waals surface area contributed by atoms with Gasteiger partial charge in [0, 0.05) is 24.2 Å². The number of ether oxygens (including phenoxy) is 2. The zero-order chi connectivity index (χ0) is 20.2. The van der Waals surface area contributed by atoms with Gasteiger partial charge in [-0.3, -0.25) is 9.59 Å². The average Bonchev–Trinajstić information content (AvgIpc) is 3.18. The van der Waals surface area contributed by atoms with E-state index in [-0.39, 0.29) is 11.6 Å². The third-order valence-corrected chi connectivity index (χ3v) is 4.33. The Hall–Kier alpha value is -3.81. The largest absolute Gasteiger partial charge is 0.486 e. The molecule has 1 aromatic heterocycles. The maximum atomic E-state index is 12.8. The minimum atomic E-state index is -0.400. The van der Waals surface area contributed by atoms with Crippen LogP contribution < -0.4 is 20.1 Å². The minimum absolute atomic E-state index is 0.166. The molecule has 0 unspecified atom stereocenters. The molecule has 0 radical (unpaired) electrons. The molecule has 2 heterocycles. The van der Waals surface area contributed by atoms with Crippen LogP contribution in [0.1, 0.15) is 23.8 Å². The molecule has 2 N–H and O–H groups in total. The van der Waals surface area contributed by atoms with E-state index in [1.807, 2.05) is 30.3 Å². The van der Waals surface area contributed by atoms with Crippen LogP contribution in [0.5, 0.6) is 11.5 Å². The molecule has 1 aliphatic rings. The topological polar surface area (TPSA) is 94.5 Å². The van der Waals surface area contributed by atoms with Gasteiger partial charge in [0.2, 0.25) is 5.91 Å². The molecule has 0 bridgehead atoms. The molecule has 2 amide bonds. The number of hydrogen-bond acceptors (Lipinski definition) is 5. The van der Waals surface area contributed by atoms with Gasteiger partial charge < -0.3 is 20.1 Å². The number of hydrogen-bond donors (Lipinski definition) is 2. The zero-order valence-corrected chi connectivity index (χ0v) is 15.8. The van der Waals surface area contributed by atoms with Crippen molar-refractivity contribution in [2.24, 2.45) is 0 Å². The number of carbonyl (C=O) groups is 2. The molecule has 8 nitrogen and oxygen atoms in total. The average molecular weight is 392 g/mol. The van der Waals surface area contributed by atoms with Gasteiger partial charge in [-0.25, -0.2) is 4.68 Å². The second kappa shape index (κ2) is 8.05. The summed E-state index contributed by atoms with van der Waals surface area (Å²) in [6.45, 7) is 2.72. The highest BCUT2D eigenvalue weighted by molar-refractivity contribution is 6.04. The second-order valence-corrected chi connectivity index (χ2v) is 6.38. The van der Waals surface area contributed by atoms with Crippen molar-refractivity contribution in [3.05, 3.63) is 60.3 Å². The van der Waals surface area contributed by atoms with Gasteiger partial charge >= 0.3 is 0 Å². The molecule has 4 rings (SSSR count). The first-order valence-electron chi connectivity index (χ1n) is 9.30. The Morgan fingerprint density at radius 3 is 2.52 bits per heavy atom. The molecule has 0 fully saturated rings. The van der Waals surface area contributed by atoms with Crippen molar-refractivity contribution in [2.45, 2.75) is 13.3 Å². The predicted octanol–water partition coefficient (Wildman–Crippen LogP) is 3.24. The molecule has 0 saturated heterocycles. The Kier molecular flexibility index (Phi) is 5.15. The number of anilines is 2. The number of nitrogens with one attached hydrogen (secondary N) is 2. The summed E-state index contributed by atoms with van der Waals surface area (Å²) in [6, 6.07) is 16.0. The summed E-state index contributed by atoms with van der Waals surface area (Å²) >= 11 is 0. The number of aromatic nitrogens is 2. The summed E-state index contributed by atoms with van der Waals surface area (Å²) in [5, 5.41) is 9.97. The number of para-hydroxylation sites is 1. The lowest BCUT2D eigenvalue weighted by atomic mass is 10.2. The van der Waals surface area contributed by atoms with E-state index in [0.717, 1.165) is 5.69 Å². The number of rotatable bonds is 5. The highest BCUT2D eigenvalue weighted by Crippen LogP contribution is 2.32. The molecule has 148 valence electrons. The van der Waals surface area contributed by atoms with Gasteiger partial charge in [-0.1, -0.05) is 25.1 Å². The van der Waals surface area contributed by atoms with Crippen LogP contribution in [0.3, 0.4) is 0 Å². The fourth-order valence-corrected chi connectivity index (χ4v) is 2.89. The van der Waals surface area contributed by atoms with Crippen molar-refractivity contribution in [3.63, 3.8) is 0 Å². The first kappa shape index (κ1) is 18.5. The molecular weight excluding hydrogens is 372 g/mol. The maximum absolute atomic E-state index is 12.8. The minimum Gasteiger partial charge on any atom is -0.486 e. The number of carbonyl (C=O) groups excluding carboxylic acids is 2. The van der Waals surface area contributed by atoms with E-state index in [0.29, 0.717) is 42.6 Å². The van der Waals surface area contributed by atoms with Crippen molar-refractivity contribution in [1.82, 2.24) is 9.78 Å². The maximum Gasteiger partial charge on any atom is 0.276 e. The third kappa shape index (κ3) is 4.06. The van der Waals surface area contributed by atoms with Crippen LogP contribution >= 0.6 is 0 Å². The van der Waals surface area contributed by atoms with Gasteiger partial charge in [0.1, 0.15) is 19.0 Å². The Balaban J connectivity index is 1.60. The Bertz CT molecular complexity index is 1050. The number of amides is 2. The Labute approximate surface area is 167 Å². The lowest BCUT2D eigenvalue weighted by Crippen LogP contribution is -2.16. The predicted molar refractivity (Wildman–Crippen MR) is 108 cm³/mol. The van der Waals surface area contributed by atoms with Crippen LogP contribution in [0.25, 0.3) is 5.69 Å². The summed E-state index contributed by atoms with van der Waals surface area (Å²) < 4.78 is 12.6. The smallest absolute Gasteiger partial charge is 0.276 e. The molecular formula is C21H20N4O4. The van der Waals surface area contributed by atoms with Gasteiger partial charge in [-0.2, -0.15) is 5.10 Å². The van der Waals surface area contributed by atoms with Crippen LogP contribution in [0, 0.1) is 0 Å². The van der Waals surface area contributed by atoms with E-state index < -0.39 is 5.91 Å². The first-order chi connectivity index (χ1) is 14.1. The van der Waals surface area contributed by atoms with E-state index in [1.54, 1.807) is 31.2 Å². The highest BCUT2D eigenvalue weighted by atomic mass is 16.6. The lowest BCUT2D eigenvalue weighted by Gasteiger charge is -2.18. The van der Waals surface area contributed by atoms with Crippen molar-refractivity contribution < 1.29 is 19.1 Å². The van der Waals surface area contributed by atoms with Gasteiger partial charge in [0.05, 0.1) is 5.69 Å². The normalized spacial score (nSPS) is 12.3. The van der Waals surface area contributed by atoms with Crippen molar-refractivity contribution >= 4 is 23.3 Å². The standard InChI is InChI=1S/C21H20N4O4/c1-2-20(26)23-19-13-16(24-25(19)15-6-4-3-5-7-15)21(27)22-14-8-9-17-18(12-14)29-11-10-28-17/h3-9,12-13H,2,10-11H2,1H3,(H,22,27)(H,23,26). The van der Waals surface area contributed by atoms with Crippen LogP contribution in [0.15, 0.2) is 54.6 Å². The van der Waals surface area contributed by atoms with E-state index >= 15 is 0 Å². The number of nitrogens with zero attached hydrogens (tertiary/aromatic N) is 2. The lowest BCUT2D eigenvalue weighted by molar-refractivity contribution is -0.115. The summed E-state index contributed by atoms with van der Waals surface area (Å²) in [7, 11) is 0. The molecule has 29 heavy (non-hydrogen) atoms. The van der Waals surface area contributed by atoms with Crippen molar-refractivity contribution in [1.29, 1.82) is 0 Å². The Morgan fingerprint density at radius 2 is 1.76 bits per heavy atom. The monoisotopic (exact) mass is 392 g/mol. The van der Waals surface area contributed by atoms with E-state index in [2.05, 4.69) is 15.7 Å². The second-order valence-electron chi connectivity index (χ2n) is 6.38. The van der Waals surface area contributed by atoms with Gasteiger partial charge in [0.25, 0.3) is 5.91 Å². The summed E-state index contributed by atoms with van der Waals surface area (Å²) in [4.78, 5) is 24.7. The summed E-state index contributed by atoms with van der Waals surface area (Å²) in [5.41, 5.74) is 1.47. The molecule has 0 saturated carbocycles. The van der Waals surface area contributed by atoms with E-state index in [4.69, 9.17) is 9.47 Å². The molecule has 8 heteroatoms. The fraction of sp³-hybridized carbons (Fsp3) is 0.190. The van der Waals surface area contributed by atoms with Gasteiger partial charge in [-0.05, 0) is 24.3 Å². The molecule has 2 aromatic carbocycles. The highest BCUT2D eigenvalue weighted by Gasteiger charge is 2.18. The van der Waals surface area contributed by atoms with E-state index in [9.17, 15) is 9.59 Å². The van der Waals surface area contributed by atoms with E-state index in [1.165, 1.54) is 4.68 Å². The first-order valence-corrected chi connectivity index (χ1v) is 9.30. The summed E-state index contributed by atoms with van der Waals surface area (Å²) in [6.07, 6.45) is 0.318. The molecule has 0 aliphatic carbocycles. The number of benzene rings is 2. The van der Waals surface area contributed by atoms with Gasteiger partial charge in [0.15, 0.2) is 17.2 Å².